The van der Waals surface area contributed by atoms with Crippen molar-refractivity contribution in [2.24, 2.45) is 0 Å². The van der Waals surface area contributed by atoms with Crippen LogP contribution in [0, 0.1) is 11.3 Å². The van der Waals surface area contributed by atoms with E-state index in [1.54, 1.807) is 6.07 Å². The Balaban J connectivity index is 1.33. The summed E-state index contributed by atoms with van der Waals surface area (Å²) in [6, 6.07) is 13.4. The van der Waals surface area contributed by atoms with Crippen LogP contribution in [0.1, 0.15) is 46.6 Å². The molecular weight excluding hydrogens is 448 g/mol. The molecule has 2 N–H and O–H groups in total. The van der Waals surface area contributed by atoms with E-state index in [1.807, 2.05) is 30.3 Å². The second-order valence-corrected chi connectivity index (χ2v) is 10.9. The molecule has 0 spiro atoms. The number of nitrogens with zero attached hydrogens (tertiary/aromatic N) is 2. The zero-order chi connectivity index (χ0) is 23.9. The molecule has 1 saturated heterocycles. The Bertz CT molecular complexity index is 1290. The summed E-state index contributed by atoms with van der Waals surface area (Å²) in [4.78, 5) is 16.9. The zero-order valence-electron chi connectivity index (χ0n) is 19.7. The van der Waals surface area contributed by atoms with E-state index in [9.17, 15) is 10.1 Å². The van der Waals surface area contributed by atoms with Gasteiger partial charge in [0.1, 0.15) is 18.6 Å². The molecule has 5 rings (SSSR count). The molecule has 0 radical (unpaired) electrons. The van der Waals surface area contributed by atoms with E-state index in [2.05, 4.69) is 40.2 Å². The Morgan fingerprint density at radius 2 is 2.03 bits per heavy atom. The molecule has 7 nitrogen and oxygen atoms in total. The van der Waals surface area contributed by atoms with Gasteiger partial charge in [-0.3, -0.25) is 4.79 Å². The van der Waals surface area contributed by atoms with Crippen molar-refractivity contribution in [2.75, 3.05) is 45.7 Å². The number of nitrogens with one attached hydrogen (secondary N) is 2. The minimum absolute atomic E-state index is 0.00837. The number of carbonyl (C=O) groups excluding carboxylic acids is 1. The van der Waals surface area contributed by atoms with Gasteiger partial charge < -0.3 is 14.5 Å². The predicted octanol–water partition coefficient (Wildman–Crippen LogP) is 3.29. The third-order valence-corrected chi connectivity index (χ3v) is 8.49. The second kappa shape index (κ2) is 9.08. The summed E-state index contributed by atoms with van der Waals surface area (Å²) >= 11 is -0.0144. The van der Waals surface area contributed by atoms with Gasteiger partial charge in [-0.15, -0.1) is 9.03 Å². The largest absolute Gasteiger partial charge is 0.492 e. The number of rotatable bonds is 6. The molecule has 1 unspecified atom stereocenters. The molecule has 1 aliphatic carbocycles. The van der Waals surface area contributed by atoms with E-state index in [4.69, 9.17) is 9.47 Å². The first kappa shape index (κ1) is 22.9. The smallest absolute Gasteiger partial charge is 0.195 e. The Morgan fingerprint density at radius 1 is 1.24 bits per heavy atom. The van der Waals surface area contributed by atoms with Gasteiger partial charge in [0.25, 0.3) is 0 Å². The zero-order valence-corrected chi connectivity index (χ0v) is 20.6. The molecule has 1 atom stereocenters. The number of ether oxygens (including phenoxy) is 2. The van der Waals surface area contributed by atoms with Gasteiger partial charge in [0.15, 0.2) is 17.1 Å². The van der Waals surface area contributed by atoms with Gasteiger partial charge >= 0.3 is 0 Å². The maximum Gasteiger partial charge on any atom is 0.195 e. The Labute approximate surface area is 202 Å². The van der Waals surface area contributed by atoms with Crippen molar-refractivity contribution >= 4 is 28.0 Å². The first-order chi connectivity index (χ1) is 16.4. The van der Waals surface area contributed by atoms with Crippen LogP contribution < -0.4 is 9.46 Å². The van der Waals surface area contributed by atoms with E-state index in [-0.39, 0.29) is 17.1 Å². The molecule has 1 aromatic heterocycles. The number of fused-ring (bicyclic) bond motifs is 4. The highest BCUT2D eigenvalue weighted by molar-refractivity contribution is 7.92. The SMILES string of the molecule is C[S+](NCCOc1ccc2c(c1)C(C)(C)c1[nH]c3cc(C#N)ccc3c1C2=O)N1CCOCC1. The average molecular weight is 478 g/mol. The highest BCUT2D eigenvalue weighted by atomic mass is 32.2. The summed E-state index contributed by atoms with van der Waals surface area (Å²) in [5, 5.41) is 10.1. The highest BCUT2D eigenvalue weighted by Gasteiger charge is 2.39. The van der Waals surface area contributed by atoms with Crippen LogP contribution in [0.5, 0.6) is 5.75 Å². The summed E-state index contributed by atoms with van der Waals surface area (Å²) in [7, 11) is 0. The topological polar surface area (TPSA) is 90.4 Å². The number of ketones is 1. The van der Waals surface area contributed by atoms with Crippen LogP contribution in [-0.2, 0) is 21.4 Å². The Morgan fingerprint density at radius 3 is 2.79 bits per heavy atom. The molecule has 176 valence electrons. The van der Waals surface area contributed by atoms with Crippen LogP contribution in [0.2, 0.25) is 0 Å². The predicted molar refractivity (Wildman–Crippen MR) is 134 cm³/mol. The number of hydrogen-bond donors (Lipinski definition) is 2. The normalized spacial score (nSPS) is 18.2. The third kappa shape index (κ3) is 3.99. The Kier molecular flexibility index (Phi) is 6.13. The van der Waals surface area contributed by atoms with Gasteiger partial charge in [0.05, 0.1) is 50.0 Å². The molecule has 0 saturated carbocycles. The minimum Gasteiger partial charge on any atom is -0.492 e. The lowest BCUT2D eigenvalue weighted by molar-refractivity contribution is 0.0756. The molecule has 0 bridgehead atoms. The fourth-order valence-electron chi connectivity index (χ4n) is 4.84. The standard InChI is InChI=1S/C26H28N4O3S/c1-26(2)21-15-18(33-11-8-28-34(3)30-9-12-32-13-10-30)5-7-19(21)24(31)23-20-6-4-17(16-27)14-22(20)29-25(23)26/h4-7,14-15,29H,8-13H2,1-3H3/p+1. The lowest BCUT2D eigenvalue weighted by Crippen LogP contribution is -2.46. The van der Waals surface area contributed by atoms with Crippen molar-refractivity contribution in [1.82, 2.24) is 14.0 Å². The highest BCUT2D eigenvalue weighted by Crippen LogP contribution is 2.44. The van der Waals surface area contributed by atoms with E-state index in [0.717, 1.165) is 60.8 Å². The lowest BCUT2D eigenvalue weighted by Gasteiger charge is -2.32. The number of aromatic nitrogens is 1. The van der Waals surface area contributed by atoms with Crippen molar-refractivity contribution in [2.45, 2.75) is 19.3 Å². The van der Waals surface area contributed by atoms with Crippen molar-refractivity contribution in [3.63, 3.8) is 0 Å². The van der Waals surface area contributed by atoms with E-state index < -0.39 is 5.41 Å². The molecule has 0 amide bonds. The summed E-state index contributed by atoms with van der Waals surface area (Å²) in [5.41, 5.74) is 4.22. The third-order valence-electron chi connectivity index (χ3n) is 6.73. The van der Waals surface area contributed by atoms with Crippen LogP contribution in [-0.4, -0.2) is 60.8 Å². The van der Waals surface area contributed by atoms with Gasteiger partial charge in [-0.25, -0.2) is 0 Å². The van der Waals surface area contributed by atoms with Gasteiger partial charge in [0.2, 0.25) is 0 Å². The average Bonchev–Trinajstić information content (AvgIpc) is 3.26. The second-order valence-electron chi connectivity index (χ2n) is 9.17. The lowest BCUT2D eigenvalue weighted by atomic mass is 9.71. The molecule has 2 heterocycles. The molecule has 34 heavy (non-hydrogen) atoms. The van der Waals surface area contributed by atoms with Gasteiger partial charge in [-0.05, 0) is 35.9 Å². The maximum atomic E-state index is 13.5. The number of nitriles is 1. The molecule has 8 heteroatoms. The molecule has 1 fully saturated rings. The van der Waals surface area contributed by atoms with Crippen LogP contribution in [0.3, 0.4) is 0 Å². The van der Waals surface area contributed by atoms with Crippen molar-refractivity contribution < 1.29 is 14.3 Å². The number of H-pyrrole nitrogens is 1. The van der Waals surface area contributed by atoms with Crippen molar-refractivity contribution in [3.8, 4) is 11.8 Å². The number of hydrogen-bond acceptors (Lipinski definition) is 6. The number of morpholine rings is 1. The maximum absolute atomic E-state index is 13.5. The van der Waals surface area contributed by atoms with Crippen LogP contribution in [0.4, 0.5) is 0 Å². The summed E-state index contributed by atoms with van der Waals surface area (Å²) in [6.45, 7) is 9.01. The van der Waals surface area contributed by atoms with Gasteiger partial charge in [-0.2, -0.15) is 5.26 Å². The van der Waals surface area contributed by atoms with Gasteiger partial charge in [-0.1, -0.05) is 19.9 Å². The molecule has 3 aromatic rings. The van der Waals surface area contributed by atoms with Crippen molar-refractivity contribution in [3.05, 3.63) is 64.3 Å². The summed E-state index contributed by atoms with van der Waals surface area (Å²) < 4.78 is 17.4. The van der Waals surface area contributed by atoms with Crippen LogP contribution in [0.15, 0.2) is 36.4 Å². The number of carbonyl (C=O) groups is 1. The van der Waals surface area contributed by atoms with Gasteiger partial charge in [0, 0.05) is 27.6 Å². The molecule has 2 aromatic carbocycles. The van der Waals surface area contributed by atoms with Crippen molar-refractivity contribution in [1.29, 1.82) is 5.26 Å². The van der Waals surface area contributed by atoms with E-state index in [0.29, 0.717) is 23.3 Å². The van der Waals surface area contributed by atoms with Crippen LogP contribution >= 0.6 is 0 Å². The van der Waals surface area contributed by atoms with Crippen LogP contribution in [0.25, 0.3) is 10.9 Å². The van der Waals surface area contributed by atoms with E-state index in [1.165, 1.54) is 0 Å². The first-order valence-corrected chi connectivity index (χ1v) is 13.1. The monoisotopic (exact) mass is 477 g/mol. The number of aromatic amines is 1. The number of benzene rings is 2. The Hall–Kier alpha value is -2.83. The minimum atomic E-state index is -0.408. The first-order valence-electron chi connectivity index (χ1n) is 11.5. The summed E-state index contributed by atoms with van der Waals surface area (Å²) in [5.74, 6) is 0.768. The van der Waals surface area contributed by atoms with E-state index >= 15 is 0 Å². The quantitative estimate of drug-likeness (QED) is 0.418. The molecular formula is C26H29N4O3S+. The summed E-state index contributed by atoms with van der Waals surface area (Å²) in [6.07, 6.45) is 2.19. The fourth-order valence-corrected chi connectivity index (χ4v) is 6.10. The molecule has 1 aliphatic heterocycles. The molecule has 2 aliphatic rings. The fraction of sp³-hybridized carbons (Fsp3) is 0.385.